The molecular formula is C20H19FN2O3. The van der Waals surface area contributed by atoms with Crippen molar-refractivity contribution < 1.29 is 18.8 Å². The molecule has 134 valence electrons. The molecule has 0 aromatic heterocycles. The minimum atomic E-state index is -0.493. The molecule has 2 saturated carbocycles. The predicted octanol–water partition coefficient (Wildman–Crippen LogP) is 1.74. The van der Waals surface area contributed by atoms with E-state index >= 15 is 0 Å². The highest BCUT2D eigenvalue weighted by molar-refractivity contribution is 6.08. The molecule has 1 heterocycles. The molecule has 1 aromatic rings. The number of nitrogens with zero attached hydrogens (tertiary/aromatic N) is 1. The highest BCUT2D eigenvalue weighted by atomic mass is 19.1. The minimum Gasteiger partial charge on any atom is -0.345 e. The second-order valence-corrected chi connectivity index (χ2v) is 7.90. The monoisotopic (exact) mass is 354 g/mol. The molecule has 5 rings (SSSR count). The van der Waals surface area contributed by atoms with Gasteiger partial charge in [-0.2, -0.15) is 0 Å². The van der Waals surface area contributed by atoms with Crippen LogP contribution < -0.4 is 5.32 Å². The van der Waals surface area contributed by atoms with Gasteiger partial charge in [0.2, 0.25) is 17.7 Å². The third kappa shape index (κ3) is 2.17. The molecule has 26 heavy (non-hydrogen) atoms. The lowest BCUT2D eigenvalue weighted by atomic mass is 9.85. The average molecular weight is 354 g/mol. The number of fused-ring (bicyclic) bond motifs is 5. The largest absolute Gasteiger partial charge is 0.345 e. The molecule has 6 heteroatoms. The first-order valence-corrected chi connectivity index (χ1v) is 9.09. The maximum absolute atomic E-state index is 13.1. The summed E-state index contributed by atoms with van der Waals surface area (Å²) in [5.74, 6) is -1.36. The van der Waals surface area contributed by atoms with Crippen LogP contribution in [0, 0.1) is 29.5 Å². The van der Waals surface area contributed by atoms with Crippen molar-refractivity contribution in [1.29, 1.82) is 0 Å². The maximum Gasteiger partial charge on any atom is 0.240 e. The van der Waals surface area contributed by atoms with Crippen LogP contribution in [0.1, 0.15) is 24.8 Å². The molecule has 2 bridgehead atoms. The SMILES string of the molecule is O=C(CN1C(=O)[C@@H]2[C@H](C1=O)[C@H]1C=C[C@H]2C1)NC1(c2ccc(F)cc2)CC1. The lowest BCUT2D eigenvalue weighted by Gasteiger charge is -2.21. The Morgan fingerprint density at radius 2 is 1.65 bits per heavy atom. The van der Waals surface area contributed by atoms with Crippen LogP contribution >= 0.6 is 0 Å². The molecule has 0 spiro atoms. The van der Waals surface area contributed by atoms with Gasteiger partial charge in [-0.25, -0.2) is 4.39 Å². The van der Waals surface area contributed by atoms with Crippen LogP contribution in [0.3, 0.4) is 0 Å². The molecule has 0 radical (unpaired) electrons. The first-order valence-electron chi connectivity index (χ1n) is 9.09. The Labute approximate surface area is 150 Å². The van der Waals surface area contributed by atoms with Crippen molar-refractivity contribution in [1.82, 2.24) is 10.2 Å². The summed E-state index contributed by atoms with van der Waals surface area (Å²) >= 11 is 0. The van der Waals surface area contributed by atoms with Gasteiger partial charge < -0.3 is 5.32 Å². The lowest BCUT2D eigenvalue weighted by molar-refractivity contribution is -0.144. The molecule has 3 aliphatic carbocycles. The Morgan fingerprint density at radius 1 is 1.08 bits per heavy atom. The second kappa shape index (κ2) is 5.25. The number of rotatable bonds is 4. The molecular weight excluding hydrogens is 335 g/mol. The normalized spacial score (nSPS) is 32.9. The first-order chi connectivity index (χ1) is 12.5. The van der Waals surface area contributed by atoms with Crippen molar-refractivity contribution in [2.24, 2.45) is 23.7 Å². The quantitative estimate of drug-likeness (QED) is 0.662. The minimum absolute atomic E-state index is 0.142. The number of hydrogen-bond donors (Lipinski definition) is 1. The zero-order valence-electron chi connectivity index (χ0n) is 14.2. The molecule has 3 fully saturated rings. The summed E-state index contributed by atoms with van der Waals surface area (Å²) in [5.41, 5.74) is 0.359. The molecule has 4 atom stereocenters. The van der Waals surface area contributed by atoms with Gasteiger partial charge in [0.1, 0.15) is 12.4 Å². The molecule has 1 aromatic carbocycles. The summed E-state index contributed by atoms with van der Waals surface area (Å²) < 4.78 is 13.1. The van der Waals surface area contributed by atoms with Gasteiger partial charge in [0.05, 0.1) is 17.4 Å². The third-order valence-electron chi connectivity index (χ3n) is 6.39. The van der Waals surface area contributed by atoms with Crippen molar-refractivity contribution in [3.05, 3.63) is 47.8 Å². The number of imide groups is 1. The van der Waals surface area contributed by atoms with E-state index in [0.717, 1.165) is 29.7 Å². The van der Waals surface area contributed by atoms with E-state index in [4.69, 9.17) is 0 Å². The van der Waals surface area contributed by atoms with Crippen LogP contribution in [0.15, 0.2) is 36.4 Å². The van der Waals surface area contributed by atoms with Gasteiger partial charge >= 0.3 is 0 Å². The van der Waals surface area contributed by atoms with Gasteiger partial charge in [0.15, 0.2) is 0 Å². The van der Waals surface area contributed by atoms with Crippen molar-refractivity contribution in [2.75, 3.05) is 6.54 Å². The Hall–Kier alpha value is -2.50. The highest BCUT2D eigenvalue weighted by Crippen LogP contribution is 2.52. The number of halogens is 1. The summed E-state index contributed by atoms with van der Waals surface area (Å²) in [5, 5.41) is 2.95. The van der Waals surface area contributed by atoms with Crippen LogP contribution in [0.25, 0.3) is 0 Å². The van der Waals surface area contributed by atoms with E-state index < -0.39 is 5.54 Å². The number of benzene rings is 1. The van der Waals surface area contributed by atoms with Gasteiger partial charge in [-0.3, -0.25) is 19.3 Å². The summed E-state index contributed by atoms with van der Waals surface area (Å²) in [6.45, 7) is -0.229. The van der Waals surface area contributed by atoms with Crippen molar-refractivity contribution in [3.8, 4) is 0 Å². The van der Waals surface area contributed by atoms with E-state index in [0.29, 0.717) is 0 Å². The van der Waals surface area contributed by atoms with E-state index in [1.54, 1.807) is 12.1 Å². The van der Waals surface area contributed by atoms with Crippen molar-refractivity contribution in [3.63, 3.8) is 0 Å². The number of amides is 3. The number of allylic oxidation sites excluding steroid dienone is 2. The fourth-order valence-electron chi connectivity index (χ4n) is 4.95. The summed E-state index contributed by atoms with van der Waals surface area (Å²) in [4.78, 5) is 39.0. The number of likely N-dealkylation sites (tertiary alicyclic amines) is 1. The van der Waals surface area contributed by atoms with Gasteiger partial charge in [-0.15, -0.1) is 0 Å². The van der Waals surface area contributed by atoms with E-state index in [-0.39, 0.29) is 53.8 Å². The molecule has 0 unspecified atom stereocenters. The number of carbonyl (C=O) groups excluding carboxylic acids is 3. The van der Waals surface area contributed by atoms with Crippen molar-refractivity contribution in [2.45, 2.75) is 24.8 Å². The number of hydrogen-bond acceptors (Lipinski definition) is 3. The number of nitrogens with one attached hydrogen (secondary N) is 1. The zero-order valence-corrected chi connectivity index (χ0v) is 14.2. The van der Waals surface area contributed by atoms with Crippen LogP contribution in [0.4, 0.5) is 4.39 Å². The Balaban J connectivity index is 1.29. The van der Waals surface area contributed by atoms with Crippen LogP contribution in [-0.2, 0) is 19.9 Å². The topological polar surface area (TPSA) is 66.5 Å². The predicted molar refractivity (Wildman–Crippen MR) is 89.9 cm³/mol. The second-order valence-electron chi connectivity index (χ2n) is 7.90. The Morgan fingerprint density at radius 3 is 2.19 bits per heavy atom. The maximum atomic E-state index is 13.1. The lowest BCUT2D eigenvalue weighted by Crippen LogP contribution is -2.45. The molecule has 3 amide bonds. The fourth-order valence-corrected chi connectivity index (χ4v) is 4.95. The zero-order chi connectivity index (χ0) is 18.1. The van der Waals surface area contributed by atoms with E-state index in [9.17, 15) is 18.8 Å². The molecule has 1 saturated heterocycles. The molecule has 4 aliphatic rings. The fraction of sp³-hybridized carbons (Fsp3) is 0.450. The summed E-state index contributed by atoms with van der Waals surface area (Å²) in [6, 6.07) is 6.09. The van der Waals surface area contributed by atoms with E-state index in [1.807, 2.05) is 12.2 Å². The van der Waals surface area contributed by atoms with Crippen molar-refractivity contribution >= 4 is 17.7 Å². The Kier molecular flexibility index (Phi) is 3.18. The van der Waals surface area contributed by atoms with Gasteiger partial charge in [0, 0.05) is 0 Å². The van der Waals surface area contributed by atoms with E-state index in [1.165, 1.54) is 12.1 Å². The summed E-state index contributed by atoms with van der Waals surface area (Å²) in [6.07, 6.45) is 6.49. The standard InChI is InChI=1S/C20H19FN2O3/c21-14-5-3-13(4-6-14)20(7-8-20)22-15(24)10-23-18(25)16-11-1-2-12(9-11)17(16)19(23)26/h1-6,11-12,16-17H,7-10H2,(H,22,24)/t11-,12-,16-,17+/m0/s1. The molecule has 1 aliphatic heterocycles. The van der Waals surface area contributed by atoms with E-state index in [2.05, 4.69) is 5.32 Å². The van der Waals surface area contributed by atoms with Gasteiger partial charge in [-0.1, -0.05) is 24.3 Å². The van der Waals surface area contributed by atoms with Crippen LogP contribution in [0.5, 0.6) is 0 Å². The average Bonchev–Trinajstić information content (AvgIpc) is 3.00. The summed E-state index contributed by atoms with van der Waals surface area (Å²) in [7, 11) is 0. The molecule has 1 N–H and O–H groups in total. The van der Waals surface area contributed by atoms with Gasteiger partial charge in [-0.05, 0) is 48.8 Å². The first kappa shape index (κ1) is 15.7. The number of carbonyl (C=O) groups is 3. The smallest absolute Gasteiger partial charge is 0.240 e. The highest BCUT2D eigenvalue weighted by Gasteiger charge is 2.59. The Bertz CT molecular complexity index is 813. The molecule has 5 nitrogen and oxygen atoms in total. The van der Waals surface area contributed by atoms with Crippen LogP contribution in [0.2, 0.25) is 0 Å². The third-order valence-corrected chi connectivity index (χ3v) is 6.39. The van der Waals surface area contributed by atoms with Gasteiger partial charge in [0.25, 0.3) is 0 Å². The van der Waals surface area contributed by atoms with Crippen LogP contribution in [-0.4, -0.2) is 29.2 Å².